The molecule has 0 aromatic carbocycles. The Bertz CT molecular complexity index is 382. The second-order valence-corrected chi connectivity index (χ2v) is 3.51. The van der Waals surface area contributed by atoms with E-state index in [0.717, 1.165) is 11.3 Å². The molecule has 0 aliphatic carbocycles. The lowest BCUT2D eigenvalue weighted by molar-refractivity contribution is 0.0689. The number of nitrogens with one attached hydrogen (secondary N) is 1. The van der Waals surface area contributed by atoms with Crippen molar-refractivity contribution in [3.8, 4) is 0 Å². The van der Waals surface area contributed by atoms with Crippen molar-refractivity contribution in [1.29, 1.82) is 0 Å². The molecule has 0 atom stereocenters. The number of hydrogen-bond donors (Lipinski definition) is 2. The van der Waals surface area contributed by atoms with Crippen LogP contribution in [0.15, 0.2) is 18.2 Å². The Labute approximate surface area is 88.4 Å². The lowest BCUT2D eigenvalue weighted by Gasteiger charge is -2.03. The zero-order valence-electron chi connectivity index (χ0n) is 8.95. The SMILES string of the molecule is C=C(C)CNCc1cc(C(=O)O)nn1C. The fourth-order valence-electron chi connectivity index (χ4n) is 1.18. The van der Waals surface area contributed by atoms with Crippen molar-refractivity contribution in [1.82, 2.24) is 15.1 Å². The Morgan fingerprint density at radius 1 is 1.73 bits per heavy atom. The summed E-state index contributed by atoms with van der Waals surface area (Å²) in [5.74, 6) is -1.00. The van der Waals surface area contributed by atoms with Crippen LogP contribution in [0, 0.1) is 0 Å². The molecule has 1 aromatic heterocycles. The molecule has 82 valence electrons. The third-order valence-electron chi connectivity index (χ3n) is 1.93. The van der Waals surface area contributed by atoms with Gasteiger partial charge in [0.2, 0.25) is 0 Å². The van der Waals surface area contributed by atoms with Crippen molar-refractivity contribution < 1.29 is 9.90 Å². The molecule has 1 aromatic rings. The highest BCUT2D eigenvalue weighted by molar-refractivity contribution is 5.85. The van der Waals surface area contributed by atoms with Gasteiger partial charge in [0.05, 0.1) is 5.69 Å². The van der Waals surface area contributed by atoms with E-state index in [-0.39, 0.29) is 5.69 Å². The van der Waals surface area contributed by atoms with Gasteiger partial charge < -0.3 is 10.4 Å². The van der Waals surface area contributed by atoms with E-state index < -0.39 is 5.97 Å². The van der Waals surface area contributed by atoms with Gasteiger partial charge in [-0.3, -0.25) is 4.68 Å². The number of aromatic nitrogens is 2. The van der Waals surface area contributed by atoms with E-state index in [1.54, 1.807) is 17.8 Å². The van der Waals surface area contributed by atoms with Crippen molar-refractivity contribution in [2.45, 2.75) is 13.5 Å². The summed E-state index contributed by atoms with van der Waals surface area (Å²) in [6, 6.07) is 1.56. The Balaban J connectivity index is 2.61. The van der Waals surface area contributed by atoms with Gasteiger partial charge in [0.15, 0.2) is 5.69 Å². The minimum absolute atomic E-state index is 0.0737. The summed E-state index contributed by atoms with van der Waals surface area (Å²) in [6.07, 6.45) is 0. The molecule has 0 unspecified atom stereocenters. The molecule has 0 amide bonds. The van der Waals surface area contributed by atoms with Gasteiger partial charge in [0, 0.05) is 20.1 Å². The van der Waals surface area contributed by atoms with Crippen molar-refractivity contribution in [2.24, 2.45) is 7.05 Å². The molecule has 0 bridgehead atoms. The monoisotopic (exact) mass is 209 g/mol. The molecule has 1 rings (SSSR count). The third kappa shape index (κ3) is 3.21. The molecule has 0 saturated carbocycles. The van der Waals surface area contributed by atoms with Gasteiger partial charge in [0.25, 0.3) is 0 Å². The smallest absolute Gasteiger partial charge is 0.356 e. The average molecular weight is 209 g/mol. The first-order valence-electron chi connectivity index (χ1n) is 4.62. The van der Waals surface area contributed by atoms with Gasteiger partial charge in [-0.05, 0) is 13.0 Å². The second-order valence-electron chi connectivity index (χ2n) is 3.51. The van der Waals surface area contributed by atoms with Crippen molar-refractivity contribution >= 4 is 5.97 Å². The highest BCUT2D eigenvalue weighted by Crippen LogP contribution is 2.02. The molecule has 15 heavy (non-hydrogen) atoms. The van der Waals surface area contributed by atoms with E-state index in [1.807, 2.05) is 6.92 Å². The van der Waals surface area contributed by atoms with E-state index in [9.17, 15) is 4.79 Å². The largest absolute Gasteiger partial charge is 0.476 e. The molecule has 2 N–H and O–H groups in total. The summed E-state index contributed by atoms with van der Waals surface area (Å²) in [5.41, 5.74) is 1.95. The first-order valence-corrected chi connectivity index (χ1v) is 4.62. The van der Waals surface area contributed by atoms with E-state index in [4.69, 9.17) is 5.11 Å². The fourth-order valence-corrected chi connectivity index (χ4v) is 1.18. The molecule has 0 aliphatic heterocycles. The Morgan fingerprint density at radius 3 is 2.87 bits per heavy atom. The molecule has 1 heterocycles. The van der Waals surface area contributed by atoms with E-state index >= 15 is 0 Å². The number of nitrogens with zero attached hydrogens (tertiary/aromatic N) is 2. The lowest BCUT2D eigenvalue weighted by Crippen LogP contribution is -2.17. The van der Waals surface area contributed by atoms with Crippen LogP contribution in [-0.2, 0) is 13.6 Å². The van der Waals surface area contributed by atoms with Crippen LogP contribution in [0.4, 0.5) is 0 Å². The van der Waals surface area contributed by atoms with Gasteiger partial charge in [-0.25, -0.2) is 4.79 Å². The zero-order chi connectivity index (χ0) is 11.4. The maximum Gasteiger partial charge on any atom is 0.356 e. The highest BCUT2D eigenvalue weighted by atomic mass is 16.4. The lowest BCUT2D eigenvalue weighted by atomic mass is 10.3. The minimum Gasteiger partial charge on any atom is -0.476 e. The number of carboxylic acid groups (broad SMARTS) is 1. The molecule has 5 heteroatoms. The maximum absolute atomic E-state index is 10.6. The van der Waals surface area contributed by atoms with Crippen LogP contribution in [0.5, 0.6) is 0 Å². The average Bonchev–Trinajstić information content (AvgIpc) is 2.47. The Morgan fingerprint density at radius 2 is 2.40 bits per heavy atom. The summed E-state index contributed by atoms with van der Waals surface area (Å²) in [4.78, 5) is 10.6. The molecule has 5 nitrogen and oxygen atoms in total. The molecular weight excluding hydrogens is 194 g/mol. The number of aryl methyl sites for hydroxylation is 1. The van der Waals surface area contributed by atoms with E-state index in [1.165, 1.54) is 0 Å². The fraction of sp³-hybridized carbons (Fsp3) is 0.400. The zero-order valence-corrected chi connectivity index (χ0v) is 8.95. The number of carboxylic acids is 1. The number of rotatable bonds is 5. The highest BCUT2D eigenvalue weighted by Gasteiger charge is 2.10. The molecule has 0 spiro atoms. The summed E-state index contributed by atoms with van der Waals surface area (Å²) in [7, 11) is 1.73. The van der Waals surface area contributed by atoms with Gasteiger partial charge in [0.1, 0.15) is 0 Å². The first-order chi connectivity index (χ1) is 7.00. The first kappa shape index (κ1) is 11.5. The minimum atomic E-state index is -1.00. The van der Waals surface area contributed by atoms with Crippen LogP contribution in [0.1, 0.15) is 23.1 Å². The summed E-state index contributed by atoms with van der Waals surface area (Å²) >= 11 is 0. The second kappa shape index (κ2) is 4.75. The van der Waals surface area contributed by atoms with Crippen LogP contribution in [-0.4, -0.2) is 27.4 Å². The van der Waals surface area contributed by atoms with Crippen molar-refractivity contribution in [2.75, 3.05) is 6.54 Å². The summed E-state index contributed by atoms with van der Waals surface area (Å²) in [6.45, 7) is 7.00. The maximum atomic E-state index is 10.6. The van der Waals surface area contributed by atoms with Crippen molar-refractivity contribution in [3.63, 3.8) is 0 Å². The number of hydrogen-bond acceptors (Lipinski definition) is 3. The van der Waals surface area contributed by atoms with Crippen LogP contribution in [0.3, 0.4) is 0 Å². The van der Waals surface area contributed by atoms with Crippen LogP contribution in [0.2, 0.25) is 0 Å². The van der Waals surface area contributed by atoms with Gasteiger partial charge in [-0.15, -0.1) is 0 Å². The molecule has 0 aliphatic rings. The summed E-state index contributed by atoms with van der Waals surface area (Å²) in [5, 5.41) is 15.7. The Kier molecular flexibility index (Phi) is 3.62. The van der Waals surface area contributed by atoms with Crippen molar-refractivity contribution in [3.05, 3.63) is 29.6 Å². The van der Waals surface area contributed by atoms with E-state index in [0.29, 0.717) is 13.1 Å². The molecule has 0 saturated heterocycles. The number of aromatic carboxylic acids is 1. The molecule has 0 fully saturated rings. The topological polar surface area (TPSA) is 67.2 Å². The van der Waals surface area contributed by atoms with Crippen LogP contribution >= 0.6 is 0 Å². The van der Waals surface area contributed by atoms with Crippen LogP contribution in [0.25, 0.3) is 0 Å². The summed E-state index contributed by atoms with van der Waals surface area (Å²) < 4.78 is 1.56. The molecular formula is C10H15N3O2. The van der Waals surface area contributed by atoms with Crippen LogP contribution < -0.4 is 5.32 Å². The Hall–Kier alpha value is -1.62. The molecule has 0 radical (unpaired) electrons. The standard InChI is InChI=1S/C10H15N3O2/c1-7(2)5-11-6-8-4-9(10(14)15)12-13(8)3/h4,11H,1,5-6H2,2-3H3,(H,14,15). The number of carbonyl (C=O) groups is 1. The van der Waals surface area contributed by atoms with Gasteiger partial charge in [-0.1, -0.05) is 12.2 Å². The van der Waals surface area contributed by atoms with E-state index in [2.05, 4.69) is 17.0 Å². The normalized spacial score (nSPS) is 10.3. The van der Waals surface area contributed by atoms with Gasteiger partial charge in [-0.2, -0.15) is 5.10 Å². The third-order valence-corrected chi connectivity index (χ3v) is 1.93. The van der Waals surface area contributed by atoms with Gasteiger partial charge >= 0.3 is 5.97 Å². The predicted octanol–water partition coefficient (Wildman–Crippen LogP) is 0.784. The quantitative estimate of drug-likeness (QED) is 0.703. The predicted molar refractivity (Wildman–Crippen MR) is 56.7 cm³/mol.